The Hall–Kier alpha value is -0.830. The Morgan fingerprint density at radius 3 is 3.10 bits per heavy atom. The van der Waals surface area contributed by atoms with Crippen LogP contribution in [0.5, 0.6) is 0 Å². The molecule has 0 aliphatic carbocycles. The molecule has 0 aromatic heterocycles. The molecule has 0 aromatic rings. The summed E-state index contributed by atoms with van der Waals surface area (Å²) in [4.78, 5) is 10.2. The van der Waals surface area contributed by atoms with Crippen molar-refractivity contribution in [3.63, 3.8) is 0 Å². The van der Waals surface area contributed by atoms with Gasteiger partial charge < -0.3 is 9.47 Å². The SMILES string of the molecule is CC(=O)OC=CCC1CO1. The number of carbonyl (C=O) groups is 1. The lowest BCUT2D eigenvalue weighted by molar-refractivity contribution is -0.135. The second-order valence-corrected chi connectivity index (χ2v) is 2.17. The smallest absolute Gasteiger partial charge is 0.307 e. The summed E-state index contributed by atoms with van der Waals surface area (Å²) in [6, 6.07) is 0. The van der Waals surface area contributed by atoms with Crippen LogP contribution in [-0.4, -0.2) is 18.7 Å². The number of esters is 1. The predicted molar refractivity (Wildman–Crippen MR) is 35.3 cm³/mol. The van der Waals surface area contributed by atoms with Crippen LogP contribution in [0.1, 0.15) is 13.3 Å². The van der Waals surface area contributed by atoms with Gasteiger partial charge in [0.2, 0.25) is 0 Å². The van der Waals surface area contributed by atoms with Gasteiger partial charge in [0.25, 0.3) is 0 Å². The molecule has 1 saturated heterocycles. The van der Waals surface area contributed by atoms with Crippen LogP contribution in [0.3, 0.4) is 0 Å². The highest BCUT2D eigenvalue weighted by atomic mass is 16.6. The number of hydrogen-bond donors (Lipinski definition) is 0. The maximum absolute atomic E-state index is 10.2. The van der Waals surface area contributed by atoms with E-state index in [-0.39, 0.29) is 5.97 Å². The summed E-state index contributed by atoms with van der Waals surface area (Å²) in [6.07, 6.45) is 4.41. The van der Waals surface area contributed by atoms with Gasteiger partial charge in [0, 0.05) is 6.92 Å². The molecule has 1 atom stereocenters. The molecule has 1 heterocycles. The Kier molecular flexibility index (Phi) is 2.45. The second kappa shape index (κ2) is 3.37. The van der Waals surface area contributed by atoms with E-state index in [1.54, 1.807) is 6.08 Å². The van der Waals surface area contributed by atoms with E-state index >= 15 is 0 Å². The molecule has 1 unspecified atom stereocenters. The third kappa shape index (κ3) is 3.25. The minimum Gasteiger partial charge on any atom is -0.435 e. The first-order chi connectivity index (χ1) is 4.79. The van der Waals surface area contributed by atoms with E-state index in [2.05, 4.69) is 4.74 Å². The first-order valence-electron chi connectivity index (χ1n) is 3.23. The molecule has 0 spiro atoms. The molecule has 0 amide bonds. The minimum absolute atomic E-state index is 0.284. The molecule has 1 aliphatic rings. The highest BCUT2D eigenvalue weighted by molar-refractivity contribution is 5.66. The number of ether oxygens (including phenoxy) is 2. The maximum Gasteiger partial charge on any atom is 0.307 e. The molecule has 1 rings (SSSR count). The van der Waals surface area contributed by atoms with Crippen LogP contribution in [0.15, 0.2) is 12.3 Å². The predicted octanol–water partition coefficient (Wildman–Crippen LogP) is 0.852. The summed E-state index contributed by atoms with van der Waals surface area (Å²) < 4.78 is 9.47. The van der Waals surface area contributed by atoms with Gasteiger partial charge in [0.1, 0.15) is 0 Å². The summed E-state index contributed by atoms with van der Waals surface area (Å²) in [5.74, 6) is -0.284. The van der Waals surface area contributed by atoms with Crippen molar-refractivity contribution in [2.45, 2.75) is 19.4 Å². The van der Waals surface area contributed by atoms with Gasteiger partial charge in [-0.2, -0.15) is 0 Å². The van der Waals surface area contributed by atoms with E-state index in [4.69, 9.17) is 4.74 Å². The van der Waals surface area contributed by atoms with Gasteiger partial charge in [-0.25, -0.2) is 0 Å². The lowest BCUT2D eigenvalue weighted by atomic mass is 10.3. The van der Waals surface area contributed by atoms with Gasteiger partial charge in [0.15, 0.2) is 0 Å². The van der Waals surface area contributed by atoms with Crippen LogP contribution in [0, 0.1) is 0 Å². The van der Waals surface area contributed by atoms with Crippen LogP contribution in [0.4, 0.5) is 0 Å². The van der Waals surface area contributed by atoms with Gasteiger partial charge in [0.05, 0.1) is 19.0 Å². The van der Waals surface area contributed by atoms with E-state index < -0.39 is 0 Å². The molecule has 56 valence electrons. The van der Waals surface area contributed by atoms with E-state index in [1.807, 2.05) is 0 Å². The quantitative estimate of drug-likeness (QED) is 0.333. The molecule has 3 nitrogen and oxygen atoms in total. The van der Waals surface area contributed by atoms with Crippen molar-refractivity contribution in [1.29, 1.82) is 0 Å². The van der Waals surface area contributed by atoms with Gasteiger partial charge in [-0.05, 0) is 12.5 Å². The van der Waals surface area contributed by atoms with Crippen LogP contribution < -0.4 is 0 Å². The fourth-order valence-corrected chi connectivity index (χ4v) is 0.555. The summed E-state index contributed by atoms with van der Waals surface area (Å²) in [5.41, 5.74) is 0. The normalized spacial score (nSPS) is 23.1. The van der Waals surface area contributed by atoms with E-state index in [0.717, 1.165) is 13.0 Å². The van der Waals surface area contributed by atoms with Crippen LogP contribution >= 0.6 is 0 Å². The largest absolute Gasteiger partial charge is 0.435 e. The van der Waals surface area contributed by atoms with Gasteiger partial charge >= 0.3 is 5.97 Å². The average Bonchev–Trinajstić information content (AvgIpc) is 2.62. The zero-order chi connectivity index (χ0) is 7.40. The van der Waals surface area contributed by atoms with Gasteiger partial charge in [-0.1, -0.05) is 0 Å². The van der Waals surface area contributed by atoms with Crippen molar-refractivity contribution < 1.29 is 14.3 Å². The number of carbonyl (C=O) groups excluding carboxylic acids is 1. The van der Waals surface area contributed by atoms with E-state index in [9.17, 15) is 4.79 Å². The lowest BCUT2D eigenvalue weighted by Crippen LogP contribution is -1.89. The van der Waals surface area contributed by atoms with Crippen molar-refractivity contribution in [3.05, 3.63) is 12.3 Å². The Labute approximate surface area is 59.6 Å². The van der Waals surface area contributed by atoms with Crippen molar-refractivity contribution in [1.82, 2.24) is 0 Å². The zero-order valence-corrected chi connectivity index (χ0v) is 5.87. The Bertz CT molecular complexity index is 147. The molecule has 1 aliphatic heterocycles. The molecule has 0 N–H and O–H groups in total. The fraction of sp³-hybridized carbons (Fsp3) is 0.571. The third-order valence-corrected chi connectivity index (χ3v) is 1.13. The summed E-state index contributed by atoms with van der Waals surface area (Å²) in [7, 11) is 0. The van der Waals surface area contributed by atoms with Gasteiger partial charge in [-0.15, -0.1) is 0 Å². The van der Waals surface area contributed by atoms with Gasteiger partial charge in [-0.3, -0.25) is 4.79 Å². The van der Waals surface area contributed by atoms with Crippen LogP contribution in [0.25, 0.3) is 0 Å². The maximum atomic E-state index is 10.2. The standard InChI is InChI=1S/C7H10O3/c1-6(8)9-4-2-3-7-5-10-7/h2,4,7H,3,5H2,1H3. The molecule has 3 heteroatoms. The van der Waals surface area contributed by atoms with Crippen LogP contribution in [-0.2, 0) is 14.3 Å². The monoisotopic (exact) mass is 142 g/mol. The first kappa shape index (κ1) is 7.28. The summed E-state index contributed by atoms with van der Waals surface area (Å²) in [5, 5.41) is 0. The highest BCUT2D eigenvalue weighted by Crippen LogP contribution is 2.13. The van der Waals surface area contributed by atoms with E-state index in [1.165, 1.54) is 13.2 Å². The third-order valence-electron chi connectivity index (χ3n) is 1.13. The van der Waals surface area contributed by atoms with Crippen molar-refractivity contribution in [2.24, 2.45) is 0 Å². The lowest BCUT2D eigenvalue weighted by Gasteiger charge is -1.88. The molecule has 0 radical (unpaired) electrons. The van der Waals surface area contributed by atoms with Crippen molar-refractivity contribution in [2.75, 3.05) is 6.61 Å². The number of hydrogen-bond acceptors (Lipinski definition) is 3. The van der Waals surface area contributed by atoms with E-state index in [0.29, 0.717) is 6.10 Å². The Morgan fingerprint density at radius 1 is 1.90 bits per heavy atom. The fourth-order valence-electron chi connectivity index (χ4n) is 0.555. The molecule has 0 aromatic carbocycles. The zero-order valence-electron chi connectivity index (χ0n) is 5.87. The van der Waals surface area contributed by atoms with Crippen molar-refractivity contribution >= 4 is 5.97 Å². The van der Waals surface area contributed by atoms with Crippen molar-refractivity contribution in [3.8, 4) is 0 Å². The first-order valence-corrected chi connectivity index (χ1v) is 3.23. The molecule has 1 fully saturated rings. The molecule has 10 heavy (non-hydrogen) atoms. The second-order valence-electron chi connectivity index (χ2n) is 2.17. The molecule has 0 saturated carbocycles. The topological polar surface area (TPSA) is 38.8 Å². The number of epoxide rings is 1. The summed E-state index contributed by atoms with van der Waals surface area (Å²) in [6.45, 7) is 2.21. The molecule has 0 bridgehead atoms. The highest BCUT2D eigenvalue weighted by Gasteiger charge is 2.19. The molecular formula is C7H10O3. The average molecular weight is 142 g/mol. The Balaban J connectivity index is 1.98. The number of rotatable bonds is 3. The van der Waals surface area contributed by atoms with Crippen LogP contribution in [0.2, 0.25) is 0 Å². The minimum atomic E-state index is -0.284. The Morgan fingerprint density at radius 2 is 2.60 bits per heavy atom. The molecular weight excluding hydrogens is 132 g/mol. The summed E-state index contributed by atoms with van der Waals surface area (Å²) >= 11 is 0.